The zero-order valence-corrected chi connectivity index (χ0v) is 13.7. The number of rotatable bonds is 5. The van der Waals surface area contributed by atoms with Crippen LogP contribution in [-0.4, -0.2) is 56.6 Å². The standard InChI is InChI=1S/C14H22N4O3S/c1-15-14(19)9-16-13-7-3-6-12(17-13)11-5-4-8-18(10-11)22(2,20)21/h3,6-7,11H,4-5,8-10H2,1-2H3,(H,15,19)(H,16,17)/t11-/m1/s1. The third-order valence-corrected chi connectivity index (χ3v) is 5.02. The molecular formula is C14H22N4O3S. The summed E-state index contributed by atoms with van der Waals surface area (Å²) in [5, 5.41) is 5.49. The number of carbonyl (C=O) groups excluding carboxylic acids is 1. The summed E-state index contributed by atoms with van der Waals surface area (Å²) in [6, 6.07) is 5.57. The number of amides is 1. The normalized spacial score (nSPS) is 19.6. The Kier molecular flexibility index (Phi) is 5.36. The molecule has 7 nitrogen and oxygen atoms in total. The molecule has 2 rings (SSSR count). The second-order valence-corrected chi connectivity index (χ2v) is 7.42. The molecular weight excluding hydrogens is 304 g/mol. The molecule has 122 valence electrons. The van der Waals surface area contributed by atoms with Crippen molar-refractivity contribution in [2.75, 3.05) is 38.3 Å². The van der Waals surface area contributed by atoms with E-state index in [1.807, 2.05) is 12.1 Å². The number of sulfonamides is 1. The van der Waals surface area contributed by atoms with Crippen LogP contribution < -0.4 is 10.6 Å². The molecule has 1 atom stereocenters. The van der Waals surface area contributed by atoms with Gasteiger partial charge in [-0.1, -0.05) is 6.07 Å². The van der Waals surface area contributed by atoms with Gasteiger partial charge in [0.15, 0.2) is 0 Å². The number of nitrogens with zero attached hydrogens (tertiary/aromatic N) is 2. The van der Waals surface area contributed by atoms with Crippen LogP contribution in [0.15, 0.2) is 18.2 Å². The van der Waals surface area contributed by atoms with E-state index in [2.05, 4.69) is 15.6 Å². The number of pyridine rings is 1. The molecule has 1 amide bonds. The Morgan fingerprint density at radius 3 is 2.91 bits per heavy atom. The van der Waals surface area contributed by atoms with Gasteiger partial charge in [0, 0.05) is 31.7 Å². The van der Waals surface area contributed by atoms with E-state index in [4.69, 9.17) is 0 Å². The Morgan fingerprint density at radius 1 is 1.45 bits per heavy atom. The third kappa shape index (κ3) is 4.41. The maximum atomic E-state index is 11.7. The third-order valence-electron chi connectivity index (χ3n) is 3.75. The van der Waals surface area contributed by atoms with Crippen LogP contribution in [-0.2, 0) is 14.8 Å². The molecule has 0 aliphatic carbocycles. The van der Waals surface area contributed by atoms with E-state index in [1.54, 1.807) is 13.1 Å². The predicted octanol–water partition coefficient (Wildman–Crippen LogP) is 0.378. The quantitative estimate of drug-likeness (QED) is 0.816. The van der Waals surface area contributed by atoms with E-state index in [0.29, 0.717) is 18.9 Å². The van der Waals surface area contributed by atoms with Gasteiger partial charge in [-0.25, -0.2) is 17.7 Å². The first-order chi connectivity index (χ1) is 10.4. The summed E-state index contributed by atoms with van der Waals surface area (Å²) in [4.78, 5) is 15.8. The predicted molar refractivity (Wildman–Crippen MR) is 85.2 cm³/mol. The van der Waals surface area contributed by atoms with Gasteiger partial charge in [0.05, 0.1) is 12.8 Å². The lowest BCUT2D eigenvalue weighted by atomic mass is 9.95. The van der Waals surface area contributed by atoms with E-state index < -0.39 is 10.0 Å². The van der Waals surface area contributed by atoms with Crippen LogP contribution >= 0.6 is 0 Å². The number of anilines is 1. The fourth-order valence-corrected chi connectivity index (χ4v) is 3.43. The zero-order chi connectivity index (χ0) is 16.2. The minimum atomic E-state index is -3.16. The molecule has 0 spiro atoms. The van der Waals surface area contributed by atoms with Crippen LogP contribution in [0.3, 0.4) is 0 Å². The van der Waals surface area contributed by atoms with Gasteiger partial charge in [-0.15, -0.1) is 0 Å². The van der Waals surface area contributed by atoms with Gasteiger partial charge in [-0.05, 0) is 25.0 Å². The largest absolute Gasteiger partial charge is 0.361 e. The highest BCUT2D eigenvalue weighted by Gasteiger charge is 2.27. The molecule has 0 bridgehead atoms. The zero-order valence-electron chi connectivity index (χ0n) is 12.9. The molecule has 1 saturated heterocycles. The maximum absolute atomic E-state index is 11.7. The van der Waals surface area contributed by atoms with Crippen molar-refractivity contribution in [3.8, 4) is 0 Å². The van der Waals surface area contributed by atoms with Crippen molar-refractivity contribution in [2.24, 2.45) is 0 Å². The maximum Gasteiger partial charge on any atom is 0.239 e. The summed E-state index contributed by atoms with van der Waals surface area (Å²) >= 11 is 0. The van der Waals surface area contributed by atoms with Crippen LogP contribution in [0.25, 0.3) is 0 Å². The van der Waals surface area contributed by atoms with Crippen LogP contribution in [0.4, 0.5) is 5.82 Å². The number of piperidine rings is 1. The second-order valence-electron chi connectivity index (χ2n) is 5.43. The van der Waals surface area contributed by atoms with Gasteiger partial charge in [-0.3, -0.25) is 4.79 Å². The van der Waals surface area contributed by atoms with Gasteiger partial charge in [0.1, 0.15) is 5.82 Å². The number of hydrogen-bond donors (Lipinski definition) is 2. The minimum absolute atomic E-state index is 0.0882. The van der Waals surface area contributed by atoms with Gasteiger partial charge >= 0.3 is 0 Å². The molecule has 0 saturated carbocycles. The number of nitrogens with one attached hydrogen (secondary N) is 2. The van der Waals surface area contributed by atoms with Crippen molar-refractivity contribution in [1.29, 1.82) is 0 Å². The van der Waals surface area contributed by atoms with E-state index in [1.165, 1.54) is 10.6 Å². The first-order valence-electron chi connectivity index (χ1n) is 7.26. The van der Waals surface area contributed by atoms with Crippen LogP contribution in [0.1, 0.15) is 24.5 Å². The van der Waals surface area contributed by atoms with Gasteiger partial charge in [-0.2, -0.15) is 0 Å². The van der Waals surface area contributed by atoms with E-state index in [-0.39, 0.29) is 18.4 Å². The van der Waals surface area contributed by atoms with Crippen LogP contribution in [0, 0.1) is 0 Å². The minimum Gasteiger partial charge on any atom is -0.361 e. The van der Waals surface area contributed by atoms with E-state index >= 15 is 0 Å². The summed E-state index contributed by atoms with van der Waals surface area (Å²) in [5.41, 5.74) is 0.857. The van der Waals surface area contributed by atoms with E-state index in [9.17, 15) is 13.2 Å². The van der Waals surface area contributed by atoms with Crippen LogP contribution in [0.2, 0.25) is 0 Å². The average molecular weight is 326 g/mol. The highest BCUT2D eigenvalue weighted by Crippen LogP contribution is 2.27. The van der Waals surface area contributed by atoms with E-state index in [0.717, 1.165) is 18.5 Å². The lowest BCUT2D eigenvalue weighted by Crippen LogP contribution is -2.38. The summed E-state index contributed by atoms with van der Waals surface area (Å²) < 4.78 is 24.9. The topological polar surface area (TPSA) is 91.4 Å². The summed E-state index contributed by atoms with van der Waals surface area (Å²) in [5.74, 6) is 0.593. The Bertz CT molecular complexity index is 633. The number of hydrogen-bond acceptors (Lipinski definition) is 5. The number of likely N-dealkylation sites (N-methyl/N-ethyl adjacent to an activating group) is 1. The van der Waals surface area contributed by atoms with Crippen molar-refractivity contribution < 1.29 is 13.2 Å². The highest BCUT2D eigenvalue weighted by atomic mass is 32.2. The van der Waals surface area contributed by atoms with Crippen molar-refractivity contribution in [1.82, 2.24) is 14.6 Å². The molecule has 2 heterocycles. The van der Waals surface area contributed by atoms with Crippen LogP contribution in [0.5, 0.6) is 0 Å². The first kappa shape index (κ1) is 16.7. The Morgan fingerprint density at radius 2 is 2.23 bits per heavy atom. The molecule has 1 fully saturated rings. The highest BCUT2D eigenvalue weighted by molar-refractivity contribution is 7.88. The monoisotopic (exact) mass is 326 g/mol. The molecule has 2 N–H and O–H groups in total. The molecule has 1 aliphatic rings. The number of carbonyl (C=O) groups is 1. The number of aromatic nitrogens is 1. The molecule has 1 aromatic rings. The molecule has 1 aliphatic heterocycles. The molecule has 0 aromatic carbocycles. The molecule has 0 unspecified atom stereocenters. The smallest absolute Gasteiger partial charge is 0.239 e. The lowest BCUT2D eigenvalue weighted by Gasteiger charge is -2.30. The second kappa shape index (κ2) is 7.06. The molecule has 1 aromatic heterocycles. The van der Waals surface area contributed by atoms with Crippen molar-refractivity contribution in [3.63, 3.8) is 0 Å². The lowest BCUT2D eigenvalue weighted by molar-refractivity contribution is -0.118. The first-order valence-corrected chi connectivity index (χ1v) is 9.11. The Hall–Kier alpha value is -1.67. The summed E-state index contributed by atoms with van der Waals surface area (Å²) in [6.45, 7) is 1.20. The van der Waals surface area contributed by atoms with Crippen molar-refractivity contribution in [3.05, 3.63) is 23.9 Å². The summed E-state index contributed by atoms with van der Waals surface area (Å²) in [7, 11) is -1.59. The molecule has 22 heavy (non-hydrogen) atoms. The molecule has 0 radical (unpaired) electrons. The fourth-order valence-electron chi connectivity index (χ4n) is 2.52. The van der Waals surface area contributed by atoms with Crippen molar-refractivity contribution in [2.45, 2.75) is 18.8 Å². The molecule has 8 heteroatoms. The fraction of sp³-hybridized carbons (Fsp3) is 0.571. The summed E-state index contributed by atoms with van der Waals surface area (Å²) in [6.07, 6.45) is 2.98. The Balaban J connectivity index is 2.07. The Labute approximate surface area is 131 Å². The van der Waals surface area contributed by atoms with Gasteiger partial charge in [0.2, 0.25) is 15.9 Å². The van der Waals surface area contributed by atoms with Gasteiger partial charge < -0.3 is 10.6 Å². The SMILES string of the molecule is CNC(=O)CNc1cccc([C@@H]2CCCN(S(C)(=O)=O)C2)n1. The van der Waals surface area contributed by atoms with Gasteiger partial charge in [0.25, 0.3) is 0 Å². The van der Waals surface area contributed by atoms with Crippen molar-refractivity contribution >= 4 is 21.7 Å². The average Bonchev–Trinajstić information content (AvgIpc) is 2.52.